The fourth-order valence-electron chi connectivity index (χ4n) is 2.35. The van der Waals surface area contributed by atoms with E-state index in [2.05, 4.69) is 5.32 Å². The van der Waals surface area contributed by atoms with E-state index in [9.17, 15) is 4.79 Å². The van der Waals surface area contributed by atoms with Crippen molar-refractivity contribution < 1.29 is 9.53 Å². The second kappa shape index (κ2) is 6.26. The van der Waals surface area contributed by atoms with Crippen LogP contribution in [0.4, 0.5) is 5.69 Å². The summed E-state index contributed by atoms with van der Waals surface area (Å²) < 4.78 is 5.35. The van der Waals surface area contributed by atoms with Crippen molar-refractivity contribution in [3.63, 3.8) is 0 Å². The Morgan fingerprint density at radius 3 is 2.89 bits per heavy atom. The molecule has 3 N–H and O–H groups in total. The average Bonchev–Trinajstić information content (AvgIpc) is 2.80. The number of benzene rings is 1. The van der Waals surface area contributed by atoms with E-state index in [4.69, 9.17) is 22.1 Å². The third kappa shape index (κ3) is 3.61. The fourth-order valence-corrected chi connectivity index (χ4v) is 2.59. The topological polar surface area (TPSA) is 64.3 Å². The number of carbonyl (C=O) groups is 1. The molecule has 0 aliphatic heterocycles. The maximum Gasteiger partial charge on any atom is 0.227 e. The van der Waals surface area contributed by atoms with E-state index >= 15 is 0 Å². The Kier molecular flexibility index (Phi) is 4.66. The van der Waals surface area contributed by atoms with Crippen LogP contribution in [0.2, 0.25) is 5.02 Å². The molecule has 1 fully saturated rings. The Bertz CT molecular complexity index is 465. The van der Waals surface area contributed by atoms with E-state index in [-0.39, 0.29) is 17.9 Å². The molecule has 1 saturated carbocycles. The second-order valence-electron chi connectivity index (χ2n) is 4.84. The molecule has 2 rings (SSSR count). The van der Waals surface area contributed by atoms with Crippen molar-refractivity contribution in [1.29, 1.82) is 0 Å². The molecule has 2 unspecified atom stereocenters. The number of hydrogen-bond acceptors (Lipinski definition) is 3. The van der Waals surface area contributed by atoms with Crippen LogP contribution in [0.15, 0.2) is 18.2 Å². The van der Waals surface area contributed by atoms with Crippen LogP contribution >= 0.6 is 11.6 Å². The van der Waals surface area contributed by atoms with Crippen LogP contribution in [0.5, 0.6) is 5.75 Å². The first-order valence-electron chi connectivity index (χ1n) is 6.59. The zero-order valence-corrected chi connectivity index (χ0v) is 11.7. The van der Waals surface area contributed by atoms with Crippen LogP contribution in [0, 0.1) is 5.92 Å². The number of anilines is 1. The number of ether oxygens (including phenoxy) is 1. The zero-order chi connectivity index (χ0) is 13.8. The van der Waals surface area contributed by atoms with Crippen LogP contribution in [-0.4, -0.2) is 18.6 Å². The third-order valence-electron chi connectivity index (χ3n) is 3.34. The minimum Gasteiger partial charge on any atom is -0.492 e. The van der Waals surface area contributed by atoms with Gasteiger partial charge in [-0.1, -0.05) is 11.6 Å². The van der Waals surface area contributed by atoms with Gasteiger partial charge in [-0.15, -0.1) is 0 Å². The molecule has 4 nitrogen and oxygen atoms in total. The minimum absolute atomic E-state index is 0.0142. The lowest BCUT2D eigenvalue weighted by atomic mass is 10.1. The first-order valence-corrected chi connectivity index (χ1v) is 6.96. The summed E-state index contributed by atoms with van der Waals surface area (Å²) in [7, 11) is 0. The Hall–Kier alpha value is -1.26. The Morgan fingerprint density at radius 1 is 1.53 bits per heavy atom. The summed E-state index contributed by atoms with van der Waals surface area (Å²) >= 11 is 6.08. The number of nitrogens with two attached hydrogens (primary N) is 1. The number of halogens is 1. The standard InChI is InChI=1S/C14H19ClN2O2/c1-2-19-13-6-5-11(8-12(13)15)17-14(18)9-3-4-10(16)7-9/h5-6,8-10H,2-4,7,16H2,1H3,(H,17,18). The molecule has 0 heterocycles. The minimum atomic E-state index is 0.0142. The Labute approximate surface area is 118 Å². The number of carbonyl (C=O) groups excluding carboxylic acids is 1. The molecule has 1 amide bonds. The number of hydrogen-bond donors (Lipinski definition) is 2. The maximum absolute atomic E-state index is 12.0. The molecule has 1 aliphatic rings. The molecule has 0 radical (unpaired) electrons. The van der Waals surface area contributed by atoms with Gasteiger partial charge in [0.05, 0.1) is 11.6 Å². The predicted octanol–water partition coefficient (Wildman–Crippen LogP) is 2.80. The van der Waals surface area contributed by atoms with E-state index in [1.165, 1.54) is 0 Å². The van der Waals surface area contributed by atoms with Crippen molar-refractivity contribution in [1.82, 2.24) is 0 Å². The molecular weight excluding hydrogens is 264 g/mol. The van der Waals surface area contributed by atoms with Gasteiger partial charge in [-0.25, -0.2) is 0 Å². The highest BCUT2D eigenvalue weighted by atomic mass is 35.5. The lowest BCUT2D eigenvalue weighted by Crippen LogP contribution is -2.23. The largest absolute Gasteiger partial charge is 0.492 e. The summed E-state index contributed by atoms with van der Waals surface area (Å²) in [5.41, 5.74) is 6.51. The van der Waals surface area contributed by atoms with Crippen molar-refractivity contribution in [3.8, 4) is 5.75 Å². The first-order chi connectivity index (χ1) is 9.10. The van der Waals surface area contributed by atoms with E-state index in [1.807, 2.05) is 6.92 Å². The van der Waals surface area contributed by atoms with Gasteiger partial charge in [0.2, 0.25) is 5.91 Å². The van der Waals surface area contributed by atoms with Crippen molar-refractivity contribution in [2.75, 3.05) is 11.9 Å². The SMILES string of the molecule is CCOc1ccc(NC(=O)C2CCC(N)C2)cc1Cl. The molecule has 19 heavy (non-hydrogen) atoms. The quantitative estimate of drug-likeness (QED) is 0.892. The van der Waals surface area contributed by atoms with Gasteiger partial charge in [0, 0.05) is 17.6 Å². The monoisotopic (exact) mass is 282 g/mol. The highest BCUT2D eigenvalue weighted by Gasteiger charge is 2.27. The Morgan fingerprint density at radius 2 is 2.32 bits per heavy atom. The normalized spacial score (nSPS) is 22.3. The molecule has 1 aromatic rings. The van der Waals surface area contributed by atoms with E-state index < -0.39 is 0 Å². The van der Waals surface area contributed by atoms with Gasteiger partial charge >= 0.3 is 0 Å². The van der Waals surface area contributed by atoms with Gasteiger partial charge in [0.15, 0.2) is 0 Å². The van der Waals surface area contributed by atoms with Gasteiger partial charge in [0.25, 0.3) is 0 Å². The zero-order valence-electron chi connectivity index (χ0n) is 11.0. The van der Waals surface area contributed by atoms with Crippen molar-refractivity contribution in [2.45, 2.75) is 32.2 Å². The lowest BCUT2D eigenvalue weighted by molar-refractivity contribution is -0.119. The van der Waals surface area contributed by atoms with E-state index in [1.54, 1.807) is 18.2 Å². The Balaban J connectivity index is 1.99. The third-order valence-corrected chi connectivity index (χ3v) is 3.64. The number of rotatable bonds is 4. The molecule has 1 aromatic carbocycles. The number of amides is 1. The van der Waals surface area contributed by atoms with Crippen LogP contribution in [0.1, 0.15) is 26.2 Å². The molecule has 1 aliphatic carbocycles. The van der Waals surface area contributed by atoms with Gasteiger partial charge in [-0.3, -0.25) is 4.79 Å². The van der Waals surface area contributed by atoms with Crippen molar-refractivity contribution >= 4 is 23.2 Å². The molecule has 0 aromatic heterocycles. The molecule has 0 spiro atoms. The highest BCUT2D eigenvalue weighted by molar-refractivity contribution is 6.32. The number of nitrogens with one attached hydrogen (secondary N) is 1. The van der Waals surface area contributed by atoms with E-state index in [0.29, 0.717) is 23.1 Å². The van der Waals surface area contributed by atoms with Gasteiger partial charge in [-0.2, -0.15) is 0 Å². The van der Waals surface area contributed by atoms with E-state index in [0.717, 1.165) is 19.3 Å². The fraction of sp³-hybridized carbons (Fsp3) is 0.500. The molecule has 0 bridgehead atoms. The molecular formula is C14H19ClN2O2. The maximum atomic E-state index is 12.0. The molecule has 2 atom stereocenters. The highest BCUT2D eigenvalue weighted by Crippen LogP contribution is 2.29. The van der Waals surface area contributed by atoms with Crippen molar-refractivity contribution in [3.05, 3.63) is 23.2 Å². The van der Waals surface area contributed by atoms with Crippen LogP contribution < -0.4 is 15.8 Å². The second-order valence-corrected chi connectivity index (χ2v) is 5.24. The van der Waals surface area contributed by atoms with Gasteiger partial charge in [-0.05, 0) is 44.4 Å². The summed E-state index contributed by atoms with van der Waals surface area (Å²) in [4.78, 5) is 12.0. The van der Waals surface area contributed by atoms with Crippen LogP contribution in [0.3, 0.4) is 0 Å². The molecule has 0 saturated heterocycles. The molecule has 104 valence electrons. The average molecular weight is 283 g/mol. The summed E-state index contributed by atoms with van der Waals surface area (Å²) in [5.74, 6) is 0.665. The summed E-state index contributed by atoms with van der Waals surface area (Å²) in [6.45, 7) is 2.46. The van der Waals surface area contributed by atoms with Crippen molar-refractivity contribution in [2.24, 2.45) is 11.7 Å². The predicted molar refractivity (Wildman–Crippen MR) is 76.6 cm³/mol. The lowest BCUT2D eigenvalue weighted by Gasteiger charge is -2.12. The first kappa shape index (κ1) is 14.2. The summed E-state index contributed by atoms with van der Waals surface area (Å²) in [5, 5.41) is 3.38. The van der Waals surface area contributed by atoms with Crippen LogP contribution in [-0.2, 0) is 4.79 Å². The smallest absolute Gasteiger partial charge is 0.227 e. The van der Waals surface area contributed by atoms with Crippen LogP contribution in [0.25, 0.3) is 0 Å². The summed E-state index contributed by atoms with van der Waals surface area (Å²) in [6.07, 6.45) is 2.54. The van der Waals surface area contributed by atoms with Gasteiger partial charge < -0.3 is 15.8 Å². The van der Waals surface area contributed by atoms with Gasteiger partial charge in [0.1, 0.15) is 5.75 Å². The summed E-state index contributed by atoms with van der Waals surface area (Å²) in [6, 6.07) is 5.42. The molecule has 5 heteroatoms.